The maximum absolute atomic E-state index is 10.8. The summed E-state index contributed by atoms with van der Waals surface area (Å²) in [6.45, 7) is 0.431. The van der Waals surface area contributed by atoms with E-state index in [1.807, 2.05) is 24.3 Å². The molecule has 0 aliphatic carbocycles. The molecule has 1 aromatic heterocycles. The molecule has 0 saturated carbocycles. The molecule has 0 aliphatic rings. The number of rotatable bonds is 3. The van der Waals surface area contributed by atoms with E-state index in [1.165, 1.54) is 10.9 Å². The van der Waals surface area contributed by atoms with Gasteiger partial charge in [-0.1, -0.05) is 34.1 Å². The number of hydrogen-bond donors (Lipinski definition) is 2. The predicted molar refractivity (Wildman–Crippen MR) is 66.8 cm³/mol. The van der Waals surface area contributed by atoms with Gasteiger partial charge < -0.3 is 10.8 Å². The van der Waals surface area contributed by atoms with Gasteiger partial charge in [-0.15, -0.1) is 0 Å². The van der Waals surface area contributed by atoms with Gasteiger partial charge in [0.05, 0.1) is 12.7 Å². The summed E-state index contributed by atoms with van der Waals surface area (Å²) in [5.74, 6) is -0.908. The zero-order valence-corrected chi connectivity index (χ0v) is 10.4. The second-order valence-corrected chi connectivity index (χ2v) is 4.35. The molecule has 0 aliphatic heterocycles. The van der Waals surface area contributed by atoms with Crippen molar-refractivity contribution in [2.75, 3.05) is 5.73 Å². The number of hydrogen-bond acceptors (Lipinski definition) is 3. The molecule has 0 spiro atoms. The minimum absolute atomic E-state index is 0.0250. The first-order valence-corrected chi connectivity index (χ1v) is 5.67. The van der Waals surface area contributed by atoms with Crippen molar-refractivity contribution in [3.63, 3.8) is 0 Å². The fraction of sp³-hybridized carbons (Fsp3) is 0.0909. The number of aromatic carboxylic acids is 1. The van der Waals surface area contributed by atoms with Gasteiger partial charge in [0.25, 0.3) is 0 Å². The Morgan fingerprint density at radius 3 is 2.76 bits per heavy atom. The topological polar surface area (TPSA) is 81.1 Å². The number of nitrogens with two attached hydrogens (primary N) is 1. The average Bonchev–Trinajstić information content (AvgIpc) is 2.64. The molecular formula is C11H10BrN3O2. The van der Waals surface area contributed by atoms with E-state index in [-0.39, 0.29) is 11.4 Å². The van der Waals surface area contributed by atoms with Gasteiger partial charge in [0.1, 0.15) is 11.4 Å². The molecule has 5 nitrogen and oxygen atoms in total. The number of nitrogen functional groups attached to an aromatic ring is 1. The number of benzene rings is 1. The Balaban J connectivity index is 2.31. The van der Waals surface area contributed by atoms with E-state index in [1.54, 1.807) is 0 Å². The zero-order valence-electron chi connectivity index (χ0n) is 8.80. The van der Waals surface area contributed by atoms with Crippen LogP contribution in [0.5, 0.6) is 0 Å². The summed E-state index contributed by atoms with van der Waals surface area (Å²) < 4.78 is 2.40. The second kappa shape index (κ2) is 4.58. The number of nitrogens with zero attached hydrogens (tertiary/aromatic N) is 2. The van der Waals surface area contributed by atoms with Crippen LogP contribution in [-0.4, -0.2) is 20.9 Å². The van der Waals surface area contributed by atoms with E-state index in [9.17, 15) is 4.79 Å². The normalized spacial score (nSPS) is 10.4. The largest absolute Gasteiger partial charge is 0.477 e. The Hall–Kier alpha value is -1.82. The van der Waals surface area contributed by atoms with Crippen LogP contribution in [0.2, 0.25) is 0 Å². The highest BCUT2D eigenvalue weighted by Gasteiger charge is 2.14. The third-order valence-corrected chi connectivity index (χ3v) is 3.16. The van der Waals surface area contributed by atoms with E-state index in [4.69, 9.17) is 10.8 Å². The van der Waals surface area contributed by atoms with Gasteiger partial charge in [-0.25, -0.2) is 9.48 Å². The van der Waals surface area contributed by atoms with Crippen LogP contribution in [0.1, 0.15) is 15.9 Å². The van der Waals surface area contributed by atoms with Gasteiger partial charge in [-0.2, -0.15) is 5.10 Å². The average molecular weight is 296 g/mol. The van der Waals surface area contributed by atoms with E-state index >= 15 is 0 Å². The standard InChI is InChI=1S/C11H10BrN3O2/c12-9-4-2-1-3-7(9)6-15-10(13)8(5-14-15)11(16)17/h1-5H,6,13H2,(H,16,17). The first-order chi connectivity index (χ1) is 8.09. The predicted octanol–water partition coefficient (Wildman–Crippen LogP) is 1.97. The monoisotopic (exact) mass is 295 g/mol. The SMILES string of the molecule is Nc1c(C(=O)O)cnn1Cc1ccccc1Br. The van der Waals surface area contributed by atoms with Gasteiger partial charge in [0.2, 0.25) is 0 Å². The van der Waals surface area contributed by atoms with Crippen molar-refractivity contribution in [2.24, 2.45) is 0 Å². The van der Waals surface area contributed by atoms with Crippen molar-refractivity contribution in [1.82, 2.24) is 9.78 Å². The maximum Gasteiger partial charge on any atom is 0.341 e. The molecule has 17 heavy (non-hydrogen) atoms. The molecule has 0 radical (unpaired) electrons. The lowest BCUT2D eigenvalue weighted by atomic mass is 10.2. The summed E-state index contributed by atoms with van der Waals surface area (Å²) in [6, 6.07) is 7.64. The van der Waals surface area contributed by atoms with E-state index in [0.29, 0.717) is 6.54 Å². The first kappa shape index (κ1) is 11.7. The minimum Gasteiger partial charge on any atom is -0.477 e. The van der Waals surface area contributed by atoms with Crippen molar-refractivity contribution in [1.29, 1.82) is 0 Å². The molecule has 0 saturated heterocycles. The van der Waals surface area contributed by atoms with Crippen molar-refractivity contribution < 1.29 is 9.90 Å². The molecule has 0 atom stereocenters. The Labute approximate surface area is 106 Å². The number of halogens is 1. The Bertz CT molecular complexity index is 566. The number of carboxylic acid groups (broad SMARTS) is 1. The highest BCUT2D eigenvalue weighted by atomic mass is 79.9. The van der Waals surface area contributed by atoms with Crippen LogP contribution >= 0.6 is 15.9 Å². The van der Waals surface area contributed by atoms with Crippen LogP contribution in [0.3, 0.4) is 0 Å². The van der Waals surface area contributed by atoms with Crippen molar-refractivity contribution in [3.05, 3.63) is 46.1 Å². The lowest BCUT2D eigenvalue weighted by Gasteiger charge is -2.06. The Kier molecular flexibility index (Phi) is 3.14. The molecule has 1 aromatic carbocycles. The van der Waals surface area contributed by atoms with Crippen LogP contribution in [-0.2, 0) is 6.54 Å². The molecular weight excluding hydrogens is 286 g/mol. The molecule has 6 heteroatoms. The highest BCUT2D eigenvalue weighted by Crippen LogP contribution is 2.19. The van der Waals surface area contributed by atoms with E-state index in [0.717, 1.165) is 10.0 Å². The number of carbonyl (C=O) groups is 1. The number of aromatic nitrogens is 2. The molecule has 2 rings (SSSR count). The molecule has 0 unspecified atom stereocenters. The summed E-state index contributed by atoms with van der Waals surface area (Å²) in [6.07, 6.45) is 1.26. The quantitative estimate of drug-likeness (QED) is 0.907. The van der Waals surface area contributed by atoms with Gasteiger partial charge >= 0.3 is 5.97 Å². The molecule has 0 fully saturated rings. The molecule has 0 bridgehead atoms. The van der Waals surface area contributed by atoms with Crippen molar-refractivity contribution in [3.8, 4) is 0 Å². The lowest BCUT2D eigenvalue weighted by Crippen LogP contribution is -2.08. The fourth-order valence-electron chi connectivity index (χ4n) is 1.47. The second-order valence-electron chi connectivity index (χ2n) is 3.50. The number of carboxylic acids is 1. The third-order valence-electron chi connectivity index (χ3n) is 2.39. The van der Waals surface area contributed by atoms with Crippen LogP contribution < -0.4 is 5.73 Å². The van der Waals surface area contributed by atoms with Crippen LogP contribution in [0.25, 0.3) is 0 Å². The van der Waals surface area contributed by atoms with Crippen molar-refractivity contribution in [2.45, 2.75) is 6.54 Å². The van der Waals surface area contributed by atoms with Gasteiger partial charge in [-0.05, 0) is 11.6 Å². The minimum atomic E-state index is -1.07. The maximum atomic E-state index is 10.8. The van der Waals surface area contributed by atoms with Crippen molar-refractivity contribution >= 4 is 27.7 Å². The number of anilines is 1. The molecule has 1 heterocycles. The third kappa shape index (κ3) is 2.31. The molecule has 3 N–H and O–H groups in total. The van der Waals surface area contributed by atoms with E-state index < -0.39 is 5.97 Å². The summed E-state index contributed by atoms with van der Waals surface area (Å²) in [7, 11) is 0. The molecule has 0 amide bonds. The Morgan fingerprint density at radius 2 is 2.18 bits per heavy atom. The first-order valence-electron chi connectivity index (χ1n) is 4.87. The van der Waals surface area contributed by atoms with Crippen LogP contribution in [0.4, 0.5) is 5.82 Å². The smallest absolute Gasteiger partial charge is 0.341 e. The summed E-state index contributed by atoms with van der Waals surface area (Å²) in [5, 5.41) is 12.8. The van der Waals surface area contributed by atoms with Crippen LogP contribution in [0.15, 0.2) is 34.9 Å². The van der Waals surface area contributed by atoms with Gasteiger partial charge in [0.15, 0.2) is 0 Å². The molecule has 88 valence electrons. The summed E-state index contributed by atoms with van der Waals surface area (Å²) >= 11 is 3.42. The zero-order chi connectivity index (χ0) is 12.4. The summed E-state index contributed by atoms with van der Waals surface area (Å²) in [4.78, 5) is 10.8. The van der Waals surface area contributed by atoms with Gasteiger partial charge in [-0.3, -0.25) is 0 Å². The fourth-order valence-corrected chi connectivity index (χ4v) is 1.88. The highest BCUT2D eigenvalue weighted by molar-refractivity contribution is 9.10. The lowest BCUT2D eigenvalue weighted by molar-refractivity contribution is 0.0698. The summed E-state index contributed by atoms with van der Waals surface area (Å²) in [5.41, 5.74) is 6.72. The van der Waals surface area contributed by atoms with Crippen LogP contribution in [0, 0.1) is 0 Å². The van der Waals surface area contributed by atoms with Gasteiger partial charge in [0, 0.05) is 4.47 Å². The molecule has 2 aromatic rings. The van der Waals surface area contributed by atoms with E-state index in [2.05, 4.69) is 21.0 Å². The Morgan fingerprint density at radius 1 is 1.47 bits per heavy atom.